The zero-order valence-electron chi connectivity index (χ0n) is 12.5. The van der Waals surface area contributed by atoms with Gasteiger partial charge in [0.2, 0.25) is 0 Å². The predicted octanol–water partition coefficient (Wildman–Crippen LogP) is 4.47. The van der Waals surface area contributed by atoms with E-state index in [1.54, 1.807) is 0 Å². The molecule has 1 amide bonds. The van der Waals surface area contributed by atoms with Crippen molar-refractivity contribution in [1.82, 2.24) is 0 Å². The predicted molar refractivity (Wildman–Crippen MR) is 80.4 cm³/mol. The minimum absolute atomic E-state index is 0.583. The number of rotatable bonds is 11. The summed E-state index contributed by atoms with van der Waals surface area (Å²) in [5.74, 6) is 0. The van der Waals surface area contributed by atoms with Gasteiger partial charge < -0.3 is 0 Å². The summed E-state index contributed by atoms with van der Waals surface area (Å²) >= 11 is -2.27. The van der Waals surface area contributed by atoms with Gasteiger partial charge in [-0.2, -0.15) is 0 Å². The summed E-state index contributed by atoms with van der Waals surface area (Å²) < 4.78 is 10.0. The van der Waals surface area contributed by atoms with Gasteiger partial charge in [0.05, 0.1) is 0 Å². The van der Waals surface area contributed by atoms with Crippen molar-refractivity contribution < 1.29 is 9.53 Å². The van der Waals surface area contributed by atoms with E-state index in [9.17, 15) is 4.79 Å². The molecule has 0 spiro atoms. The number of nitrogens with two attached hydrogens (primary N) is 1. The molecule has 0 atom stereocenters. The molecule has 0 heterocycles. The first kappa shape index (κ1) is 18.1. The van der Waals surface area contributed by atoms with E-state index in [2.05, 4.69) is 20.8 Å². The SMILES string of the molecule is CCC[CH2][Sn]([CH2]CCC)([CH2]CCC)[CH2]OC(N)=O. The van der Waals surface area contributed by atoms with Crippen LogP contribution in [0.25, 0.3) is 0 Å². The van der Waals surface area contributed by atoms with Crippen molar-refractivity contribution in [2.45, 2.75) is 72.6 Å². The van der Waals surface area contributed by atoms with Crippen molar-refractivity contribution in [3.63, 3.8) is 0 Å². The number of carbonyl (C=O) groups is 1. The third-order valence-corrected chi connectivity index (χ3v) is 18.0. The summed E-state index contributed by atoms with van der Waals surface area (Å²) in [4.78, 5) is 10.9. The molecule has 0 aromatic carbocycles. The zero-order valence-corrected chi connectivity index (χ0v) is 15.3. The molecule has 0 radical (unpaired) electrons. The fraction of sp³-hybridized carbons (Fsp3) is 0.929. The van der Waals surface area contributed by atoms with Gasteiger partial charge >= 0.3 is 117 Å². The van der Waals surface area contributed by atoms with Crippen LogP contribution in [-0.4, -0.2) is 29.1 Å². The summed E-state index contributed by atoms with van der Waals surface area (Å²) in [5.41, 5.74) is 5.16. The van der Waals surface area contributed by atoms with Gasteiger partial charge in [-0.3, -0.25) is 0 Å². The van der Waals surface area contributed by atoms with Crippen LogP contribution in [0.2, 0.25) is 13.3 Å². The molecule has 2 N–H and O–H groups in total. The third-order valence-electron chi connectivity index (χ3n) is 3.70. The molecule has 0 saturated heterocycles. The maximum absolute atomic E-state index is 10.9. The van der Waals surface area contributed by atoms with Crippen LogP contribution < -0.4 is 5.73 Å². The molecule has 0 aromatic rings. The monoisotopic (exact) mass is 365 g/mol. The average molecular weight is 364 g/mol. The fourth-order valence-corrected chi connectivity index (χ4v) is 16.6. The standard InChI is InChI=1S/3C4H9.C2H4NO2.Sn/c3*1-3-4-2;1-5-2(3)4;/h3*1,3-4H2,2H3;1H2,(H2,3,4);. The number of hydrogen-bond acceptors (Lipinski definition) is 2. The van der Waals surface area contributed by atoms with E-state index >= 15 is 0 Å². The molecule has 0 aliphatic rings. The molecule has 0 aromatic heterocycles. The number of amides is 1. The Morgan fingerprint density at radius 3 is 1.61 bits per heavy atom. The summed E-state index contributed by atoms with van der Waals surface area (Å²) in [6.45, 7) is 6.72. The summed E-state index contributed by atoms with van der Waals surface area (Å²) in [7, 11) is 0. The maximum atomic E-state index is 10.9. The van der Waals surface area contributed by atoms with Crippen LogP contribution in [0.15, 0.2) is 0 Å². The molecule has 108 valence electrons. The average Bonchev–Trinajstić information content (AvgIpc) is 2.37. The molecule has 0 aliphatic carbocycles. The molecule has 0 unspecified atom stereocenters. The Labute approximate surface area is 117 Å². The van der Waals surface area contributed by atoms with Crippen molar-refractivity contribution in [3.8, 4) is 0 Å². The van der Waals surface area contributed by atoms with Crippen molar-refractivity contribution in [2.24, 2.45) is 5.73 Å². The molecule has 0 aliphatic heterocycles. The number of unbranched alkanes of at least 4 members (excludes halogenated alkanes) is 3. The normalized spacial score (nSPS) is 11.5. The van der Waals surface area contributed by atoms with Crippen LogP contribution in [0.3, 0.4) is 0 Å². The Morgan fingerprint density at radius 1 is 0.944 bits per heavy atom. The van der Waals surface area contributed by atoms with Crippen LogP contribution in [0.4, 0.5) is 4.79 Å². The van der Waals surface area contributed by atoms with Gasteiger partial charge in [-0.15, -0.1) is 0 Å². The first-order chi connectivity index (χ1) is 8.60. The Hall–Kier alpha value is 0.0687. The molecule has 18 heavy (non-hydrogen) atoms. The number of carbonyl (C=O) groups excluding carboxylic acids is 1. The first-order valence-corrected chi connectivity index (χ1v) is 15.6. The van der Waals surface area contributed by atoms with Crippen molar-refractivity contribution in [1.29, 1.82) is 0 Å². The third kappa shape index (κ3) is 8.22. The van der Waals surface area contributed by atoms with Crippen molar-refractivity contribution in [3.05, 3.63) is 0 Å². The van der Waals surface area contributed by atoms with Crippen LogP contribution >= 0.6 is 0 Å². The number of primary amides is 1. The number of hydrogen-bond donors (Lipinski definition) is 1. The van der Waals surface area contributed by atoms with E-state index in [0.29, 0.717) is 4.62 Å². The molecule has 0 saturated carbocycles. The van der Waals surface area contributed by atoms with E-state index in [1.165, 1.54) is 51.8 Å². The minimum atomic E-state index is -2.27. The van der Waals surface area contributed by atoms with Crippen LogP contribution in [0.1, 0.15) is 59.3 Å². The Kier molecular flexibility index (Phi) is 11.0. The Balaban J connectivity index is 4.55. The Morgan fingerprint density at radius 2 is 1.33 bits per heavy atom. The topological polar surface area (TPSA) is 52.3 Å². The second kappa shape index (κ2) is 10.9. The van der Waals surface area contributed by atoms with E-state index < -0.39 is 24.5 Å². The van der Waals surface area contributed by atoms with E-state index in [-0.39, 0.29) is 0 Å². The van der Waals surface area contributed by atoms with Gasteiger partial charge in [0, 0.05) is 0 Å². The van der Waals surface area contributed by atoms with E-state index in [4.69, 9.17) is 10.5 Å². The van der Waals surface area contributed by atoms with Crippen molar-refractivity contribution >= 4 is 24.5 Å². The van der Waals surface area contributed by atoms with Gasteiger partial charge in [0.25, 0.3) is 0 Å². The van der Waals surface area contributed by atoms with Gasteiger partial charge in [0.15, 0.2) is 0 Å². The summed E-state index contributed by atoms with van der Waals surface area (Å²) in [6, 6.07) is 0. The molecule has 0 fully saturated rings. The van der Waals surface area contributed by atoms with E-state index in [1.807, 2.05) is 0 Å². The molecule has 3 nitrogen and oxygen atoms in total. The van der Waals surface area contributed by atoms with Crippen LogP contribution in [0, 0.1) is 0 Å². The number of ether oxygens (including phenoxy) is 1. The van der Waals surface area contributed by atoms with Crippen molar-refractivity contribution in [2.75, 3.05) is 4.62 Å². The summed E-state index contributed by atoms with van der Waals surface area (Å²) in [6.07, 6.45) is 7.04. The summed E-state index contributed by atoms with van der Waals surface area (Å²) in [5, 5.41) is 0. The van der Waals surface area contributed by atoms with Gasteiger partial charge in [0.1, 0.15) is 0 Å². The van der Waals surface area contributed by atoms with E-state index in [0.717, 1.165) is 0 Å². The molecular weight excluding hydrogens is 333 g/mol. The second-order valence-corrected chi connectivity index (χ2v) is 19.1. The van der Waals surface area contributed by atoms with Crippen LogP contribution in [0.5, 0.6) is 0 Å². The quantitative estimate of drug-likeness (QED) is 0.550. The molecule has 0 rings (SSSR count). The molecule has 0 bridgehead atoms. The van der Waals surface area contributed by atoms with Crippen LogP contribution in [-0.2, 0) is 4.74 Å². The van der Waals surface area contributed by atoms with Gasteiger partial charge in [-0.1, -0.05) is 0 Å². The Bertz CT molecular complexity index is 200. The second-order valence-electron chi connectivity index (χ2n) is 5.42. The zero-order chi connectivity index (χ0) is 13.9. The fourth-order valence-electron chi connectivity index (χ4n) is 2.47. The first-order valence-electron chi connectivity index (χ1n) is 7.52. The van der Waals surface area contributed by atoms with Gasteiger partial charge in [-0.05, 0) is 0 Å². The molecular formula is C14H31NO2Sn. The molecule has 4 heteroatoms. The van der Waals surface area contributed by atoms with Gasteiger partial charge in [-0.25, -0.2) is 0 Å².